The summed E-state index contributed by atoms with van der Waals surface area (Å²) >= 11 is 0. The van der Waals surface area contributed by atoms with Gasteiger partial charge in [-0.15, -0.1) is 0 Å². The molecule has 0 aliphatic heterocycles. The molecule has 1 unspecified atom stereocenters. The molecule has 1 atom stereocenters. The van der Waals surface area contributed by atoms with E-state index in [4.69, 9.17) is 0 Å². The van der Waals surface area contributed by atoms with Crippen molar-refractivity contribution in [3.63, 3.8) is 0 Å². The summed E-state index contributed by atoms with van der Waals surface area (Å²) in [6.45, 7) is 7.35. The molecule has 16 heavy (non-hydrogen) atoms. The molecule has 0 fully saturated rings. The van der Waals surface area contributed by atoms with Crippen molar-refractivity contribution in [2.75, 3.05) is 6.54 Å². The van der Waals surface area contributed by atoms with Gasteiger partial charge in [-0.2, -0.15) is 0 Å². The SMILES string of the molecule is CCNC(c1ccc(F)cn1)C(CC)CC. The molecule has 1 aromatic heterocycles. The van der Waals surface area contributed by atoms with Gasteiger partial charge in [-0.25, -0.2) is 4.39 Å². The molecule has 1 N–H and O–H groups in total. The van der Waals surface area contributed by atoms with E-state index in [1.807, 2.05) is 0 Å². The van der Waals surface area contributed by atoms with Crippen molar-refractivity contribution in [2.45, 2.75) is 39.7 Å². The summed E-state index contributed by atoms with van der Waals surface area (Å²) in [5.41, 5.74) is 0.942. The molecule has 0 saturated heterocycles. The van der Waals surface area contributed by atoms with E-state index in [0.717, 1.165) is 25.1 Å². The quantitative estimate of drug-likeness (QED) is 0.802. The van der Waals surface area contributed by atoms with Crippen LogP contribution in [0.1, 0.15) is 45.3 Å². The average molecular weight is 224 g/mol. The Bertz CT molecular complexity index is 293. The number of aromatic nitrogens is 1. The van der Waals surface area contributed by atoms with Gasteiger partial charge in [0.1, 0.15) is 5.82 Å². The summed E-state index contributed by atoms with van der Waals surface area (Å²) in [5.74, 6) is 0.279. The second-order valence-corrected chi connectivity index (χ2v) is 4.01. The maximum Gasteiger partial charge on any atom is 0.141 e. The first-order valence-corrected chi connectivity index (χ1v) is 6.07. The second-order valence-electron chi connectivity index (χ2n) is 4.01. The molecule has 0 aliphatic carbocycles. The number of hydrogen-bond donors (Lipinski definition) is 1. The van der Waals surface area contributed by atoms with Gasteiger partial charge >= 0.3 is 0 Å². The fraction of sp³-hybridized carbons (Fsp3) is 0.615. The van der Waals surface area contributed by atoms with Crippen molar-refractivity contribution in [3.8, 4) is 0 Å². The highest BCUT2D eigenvalue weighted by Crippen LogP contribution is 2.25. The monoisotopic (exact) mass is 224 g/mol. The minimum Gasteiger partial charge on any atom is -0.309 e. The van der Waals surface area contributed by atoms with E-state index in [1.54, 1.807) is 6.07 Å². The van der Waals surface area contributed by atoms with E-state index in [-0.39, 0.29) is 11.9 Å². The van der Waals surface area contributed by atoms with Crippen LogP contribution in [0.5, 0.6) is 0 Å². The standard InChI is InChI=1S/C13H21FN2/c1-4-10(5-2)13(15-6-3)12-8-7-11(14)9-16-12/h7-10,13,15H,4-6H2,1-3H3. The first-order chi connectivity index (χ1) is 7.72. The van der Waals surface area contributed by atoms with Crippen LogP contribution in [-0.4, -0.2) is 11.5 Å². The van der Waals surface area contributed by atoms with Crippen LogP contribution in [0, 0.1) is 11.7 Å². The second kappa shape index (κ2) is 6.59. The van der Waals surface area contributed by atoms with Gasteiger partial charge in [0, 0.05) is 0 Å². The zero-order valence-electron chi connectivity index (χ0n) is 10.3. The Morgan fingerprint density at radius 1 is 1.25 bits per heavy atom. The van der Waals surface area contributed by atoms with Crippen molar-refractivity contribution in [1.29, 1.82) is 0 Å². The molecule has 0 radical (unpaired) electrons. The summed E-state index contributed by atoms with van der Waals surface area (Å²) in [7, 11) is 0. The van der Waals surface area contributed by atoms with Crippen LogP contribution < -0.4 is 5.32 Å². The highest BCUT2D eigenvalue weighted by molar-refractivity contribution is 5.11. The highest BCUT2D eigenvalue weighted by Gasteiger charge is 2.20. The number of hydrogen-bond acceptors (Lipinski definition) is 2. The van der Waals surface area contributed by atoms with Crippen LogP contribution in [0.4, 0.5) is 4.39 Å². The van der Waals surface area contributed by atoms with Crippen LogP contribution in [0.3, 0.4) is 0 Å². The summed E-state index contributed by atoms with van der Waals surface area (Å²) in [6.07, 6.45) is 3.50. The van der Waals surface area contributed by atoms with Crippen molar-refractivity contribution in [3.05, 3.63) is 29.8 Å². The van der Waals surface area contributed by atoms with Gasteiger partial charge in [0.2, 0.25) is 0 Å². The first kappa shape index (κ1) is 13.1. The van der Waals surface area contributed by atoms with E-state index >= 15 is 0 Å². The highest BCUT2D eigenvalue weighted by atomic mass is 19.1. The fourth-order valence-electron chi connectivity index (χ4n) is 2.06. The largest absolute Gasteiger partial charge is 0.309 e. The molecule has 0 aromatic carbocycles. The van der Waals surface area contributed by atoms with Gasteiger partial charge in [0.15, 0.2) is 0 Å². The van der Waals surface area contributed by atoms with E-state index < -0.39 is 0 Å². The lowest BCUT2D eigenvalue weighted by Gasteiger charge is -2.25. The third-order valence-electron chi connectivity index (χ3n) is 3.01. The summed E-state index contributed by atoms with van der Waals surface area (Å²) in [5, 5.41) is 3.44. The molecule has 1 rings (SSSR count). The molecular formula is C13H21FN2. The Balaban J connectivity index is 2.87. The zero-order valence-corrected chi connectivity index (χ0v) is 10.3. The van der Waals surface area contributed by atoms with E-state index in [1.165, 1.54) is 12.3 Å². The van der Waals surface area contributed by atoms with Gasteiger partial charge in [-0.3, -0.25) is 4.98 Å². The van der Waals surface area contributed by atoms with Crippen LogP contribution in [0.2, 0.25) is 0 Å². The fourth-order valence-corrected chi connectivity index (χ4v) is 2.06. The van der Waals surface area contributed by atoms with E-state index in [2.05, 4.69) is 31.1 Å². The van der Waals surface area contributed by atoms with Gasteiger partial charge < -0.3 is 5.32 Å². The molecule has 0 aliphatic rings. The maximum absolute atomic E-state index is 12.8. The molecule has 0 saturated carbocycles. The number of nitrogens with one attached hydrogen (secondary N) is 1. The van der Waals surface area contributed by atoms with Crippen LogP contribution in [0.25, 0.3) is 0 Å². The molecule has 2 nitrogen and oxygen atoms in total. The maximum atomic E-state index is 12.8. The predicted molar refractivity (Wildman–Crippen MR) is 64.7 cm³/mol. The van der Waals surface area contributed by atoms with Gasteiger partial charge in [0.05, 0.1) is 17.9 Å². The van der Waals surface area contributed by atoms with Gasteiger partial charge in [-0.05, 0) is 24.6 Å². The van der Waals surface area contributed by atoms with Crippen LogP contribution in [0.15, 0.2) is 18.3 Å². The molecule has 0 spiro atoms. The Hall–Kier alpha value is -0.960. The Morgan fingerprint density at radius 2 is 1.94 bits per heavy atom. The molecule has 0 bridgehead atoms. The van der Waals surface area contributed by atoms with E-state index in [9.17, 15) is 4.39 Å². The lowest BCUT2D eigenvalue weighted by Crippen LogP contribution is -2.28. The first-order valence-electron chi connectivity index (χ1n) is 6.07. The van der Waals surface area contributed by atoms with Crippen LogP contribution in [-0.2, 0) is 0 Å². The lowest BCUT2D eigenvalue weighted by molar-refractivity contribution is 0.340. The Morgan fingerprint density at radius 3 is 2.38 bits per heavy atom. The van der Waals surface area contributed by atoms with Crippen molar-refractivity contribution >= 4 is 0 Å². The van der Waals surface area contributed by atoms with Gasteiger partial charge in [0.25, 0.3) is 0 Å². The van der Waals surface area contributed by atoms with Crippen molar-refractivity contribution in [2.24, 2.45) is 5.92 Å². The molecule has 0 amide bonds. The smallest absolute Gasteiger partial charge is 0.141 e. The van der Waals surface area contributed by atoms with Crippen molar-refractivity contribution in [1.82, 2.24) is 10.3 Å². The number of halogens is 1. The molecule has 1 aromatic rings. The normalized spacial score (nSPS) is 13.1. The van der Waals surface area contributed by atoms with E-state index in [0.29, 0.717) is 5.92 Å². The van der Waals surface area contributed by atoms with Crippen molar-refractivity contribution < 1.29 is 4.39 Å². The topological polar surface area (TPSA) is 24.9 Å². The number of nitrogens with zero attached hydrogens (tertiary/aromatic N) is 1. The Kier molecular flexibility index (Phi) is 5.39. The Labute approximate surface area is 97.3 Å². The summed E-state index contributed by atoms with van der Waals surface area (Å²) < 4.78 is 12.8. The number of pyridine rings is 1. The third kappa shape index (κ3) is 3.27. The average Bonchev–Trinajstić information content (AvgIpc) is 2.31. The minimum atomic E-state index is -0.274. The third-order valence-corrected chi connectivity index (χ3v) is 3.01. The summed E-state index contributed by atoms with van der Waals surface area (Å²) in [4.78, 5) is 4.18. The molecule has 1 heterocycles. The molecule has 90 valence electrons. The van der Waals surface area contributed by atoms with Crippen LogP contribution >= 0.6 is 0 Å². The minimum absolute atomic E-state index is 0.237. The van der Waals surface area contributed by atoms with Gasteiger partial charge in [-0.1, -0.05) is 33.6 Å². The molecular weight excluding hydrogens is 203 g/mol. The lowest BCUT2D eigenvalue weighted by atomic mass is 9.91. The zero-order chi connectivity index (χ0) is 12.0. The summed E-state index contributed by atoms with van der Waals surface area (Å²) in [6, 6.07) is 3.50. The molecule has 3 heteroatoms. The predicted octanol–water partition coefficient (Wildman–Crippen LogP) is 3.31. The number of rotatable bonds is 6.